The van der Waals surface area contributed by atoms with E-state index in [0.717, 1.165) is 12.8 Å². The zero-order valence-electron chi connectivity index (χ0n) is 15.7. The molecule has 1 heterocycles. The van der Waals surface area contributed by atoms with Gasteiger partial charge in [0.2, 0.25) is 0 Å². The minimum absolute atomic E-state index is 0.0135. The van der Waals surface area contributed by atoms with E-state index in [1.54, 1.807) is 6.92 Å². The Bertz CT molecular complexity index is 511. The molecule has 3 nitrogen and oxygen atoms in total. The van der Waals surface area contributed by atoms with E-state index in [1.807, 2.05) is 13.8 Å². The van der Waals surface area contributed by atoms with Crippen LogP contribution in [0.2, 0.25) is 0 Å². The highest BCUT2D eigenvalue weighted by molar-refractivity contribution is 5.31. The predicted molar refractivity (Wildman–Crippen MR) is 98.2 cm³/mol. The summed E-state index contributed by atoms with van der Waals surface area (Å²) >= 11 is 0. The van der Waals surface area contributed by atoms with Gasteiger partial charge in [0, 0.05) is 6.42 Å². The lowest BCUT2D eigenvalue weighted by Gasteiger charge is -2.16. The molecule has 3 atom stereocenters. The van der Waals surface area contributed by atoms with E-state index in [-0.39, 0.29) is 12.2 Å². The molecule has 3 heteroatoms. The summed E-state index contributed by atoms with van der Waals surface area (Å²) in [5, 5.41) is 9.70. The molecule has 0 amide bonds. The van der Waals surface area contributed by atoms with Crippen molar-refractivity contribution in [2.24, 2.45) is 0 Å². The number of aliphatic hydroxyl groups is 1. The molecule has 0 radical (unpaired) electrons. The molecule has 24 heavy (non-hydrogen) atoms. The van der Waals surface area contributed by atoms with Gasteiger partial charge >= 0.3 is 0 Å². The summed E-state index contributed by atoms with van der Waals surface area (Å²) in [5.74, 6) is 10.6. The summed E-state index contributed by atoms with van der Waals surface area (Å²) in [6, 6.07) is 0. The van der Waals surface area contributed by atoms with Crippen molar-refractivity contribution < 1.29 is 14.6 Å². The Morgan fingerprint density at radius 3 is 2.46 bits per heavy atom. The van der Waals surface area contributed by atoms with E-state index < -0.39 is 11.4 Å². The van der Waals surface area contributed by atoms with Crippen LogP contribution in [0.25, 0.3) is 0 Å². The van der Waals surface area contributed by atoms with E-state index in [2.05, 4.69) is 37.2 Å². The fraction of sp³-hybridized carbons (Fsp3) is 0.714. The number of ether oxygens (including phenoxy) is 2. The summed E-state index contributed by atoms with van der Waals surface area (Å²) in [6.07, 6.45) is 9.34. The first kappa shape index (κ1) is 20.8. The van der Waals surface area contributed by atoms with Gasteiger partial charge in [-0.05, 0) is 45.1 Å². The van der Waals surface area contributed by atoms with Crippen LogP contribution in [-0.2, 0) is 9.47 Å². The molecule has 0 bridgehead atoms. The van der Waals surface area contributed by atoms with Crippen molar-refractivity contribution in [1.82, 2.24) is 0 Å². The first-order chi connectivity index (χ1) is 11.3. The minimum Gasteiger partial charge on any atom is -0.374 e. The molecule has 1 aliphatic rings. The molecule has 0 aliphatic carbocycles. The molecule has 1 aliphatic heterocycles. The van der Waals surface area contributed by atoms with Crippen molar-refractivity contribution in [2.75, 3.05) is 0 Å². The highest BCUT2D eigenvalue weighted by Gasteiger charge is 2.40. The quantitative estimate of drug-likeness (QED) is 0.411. The zero-order valence-corrected chi connectivity index (χ0v) is 15.7. The minimum atomic E-state index is -1.19. The first-order valence-corrected chi connectivity index (χ1v) is 9.01. The largest absolute Gasteiger partial charge is 0.374 e. The fourth-order valence-electron chi connectivity index (χ4n) is 2.68. The second kappa shape index (κ2) is 9.90. The maximum Gasteiger partial charge on any atom is 0.163 e. The van der Waals surface area contributed by atoms with Gasteiger partial charge < -0.3 is 14.6 Å². The predicted octanol–water partition coefficient (Wildman–Crippen LogP) is 4.20. The summed E-state index contributed by atoms with van der Waals surface area (Å²) in [4.78, 5) is 0. The van der Waals surface area contributed by atoms with Crippen LogP contribution >= 0.6 is 0 Å². The molecule has 1 fully saturated rings. The molecule has 134 valence electrons. The van der Waals surface area contributed by atoms with Crippen LogP contribution < -0.4 is 0 Å². The Kier molecular flexibility index (Phi) is 8.57. The van der Waals surface area contributed by atoms with Gasteiger partial charge in [-0.25, -0.2) is 0 Å². The topological polar surface area (TPSA) is 38.7 Å². The lowest BCUT2D eigenvalue weighted by Crippen LogP contribution is -2.22. The molecule has 1 saturated heterocycles. The van der Waals surface area contributed by atoms with Crippen LogP contribution in [0, 0.1) is 23.7 Å². The monoisotopic (exact) mass is 332 g/mol. The highest BCUT2D eigenvalue weighted by atomic mass is 16.7. The summed E-state index contributed by atoms with van der Waals surface area (Å²) < 4.78 is 12.0. The van der Waals surface area contributed by atoms with E-state index >= 15 is 0 Å². The van der Waals surface area contributed by atoms with Crippen molar-refractivity contribution in [3.8, 4) is 23.7 Å². The van der Waals surface area contributed by atoms with E-state index in [4.69, 9.17) is 9.47 Å². The number of unbranched alkanes of at least 4 members (excludes halogenated alkanes) is 4. The molecule has 1 unspecified atom stereocenters. The van der Waals surface area contributed by atoms with Gasteiger partial charge in [0.05, 0.1) is 12.2 Å². The highest BCUT2D eigenvalue weighted by Crippen LogP contribution is 2.32. The van der Waals surface area contributed by atoms with E-state index in [0.29, 0.717) is 6.42 Å². The smallest absolute Gasteiger partial charge is 0.163 e. The maximum atomic E-state index is 9.70. The summed E-state index contributed by atoms with van der Waals surface area (Å²) in [5.41, 5.74) is -1.19. The van der Waals surface area contributed by atoms with Crippen LogP contribution in [0.5, 0.6) is 0 Å². The summed E-state index contributed by atoms with van der Waals surface area (Å²) in [6.45, 7) is 11.2. The molecule has 0 spiro atoms. The summed E-state index contributed by atoms with van der Waals surface area (Å²) in [7, 11) is 0. The standard InChI is InChI=1S/C21H32O3/c1-6-8-9-10-12-15-18-19(24-20(3,4)23-18)16-13-11-14-17-21(5,22)7-2/h7,18-19,22H,2,6,8-10,12,15-16H2,1,3-5H3/t18-,19-,21?/m0/s1. The van der Waals surface area contributed by atoms with Crippen LogP contribution in [0.1, 0.15) is 72.6 Å². The maximum absolute atomic E-state index is 9.70. The zero-order chi connectivity index (χ0) is 18.1. The fourth-order valence-corrected chi connectivity index (χ4v) is 2.68. The lowest BCUT2D eigenvalue weighted by atomic mass is 10.0. The first-order valence-electron chi connectivity index (χ1n) is 9.01. The lowest BCUT2D eigenvalue weighted by molar-refractivity contribution is -0.146. The molecule has 0 aromatic heterocycles. The van der Waals surface area contributed by atoms with Gasteiger partial charge in [-0.1, -0.05) is 57.4 Å². The second-order valence-electron chi connectivity index (χ2n) is 7.02. The molecule has 1 rings (SSSR count). The van der Waals surface area contributed by atoms with E-state index in [9.17, 15) is 5.11 Å². The van der Waals surface area contributed by atoms with Crippen molar-refractivity contribution in [3.05, 3.63) is 12.7 Å². The Labute approximate surface area is 147 Å². The molecule has 0 aromatic carbocycles. The Balaban J connectivity index is 2.50. The Hall–Kier alpha value is -1.26. The van der Waals surface area contributed by atoms with Crippen molar-refractivity contribution in [2.45, 2.75) is 96.2 Å². The number of rotatable bonds is 8. The van der Waals surface area contributed by atoms with Crippen LogP contribution in [0.4, 0.5) is 0 Å². The van der Waals surface area contributed by atoms with Gasteiger partial charge in [-0.3, -0.25) is 0 Å². The average Bonchev–Trinajstić information content (AvgIpc) is 2.81. The third-order valence-electron chi connectivity index (χ3n) is 4.04. The van der Waals surface area contributed by atoms with Crippen LogP contribution in [-0.4, -0.2) is 28.7 Å². The van der Waals surface area contributed by atoms with Gasteiger partial charge in [0.1, 0.15) is 5.60 Å². The van der Waals surface area contributed by atoms with Crippen molar-refractivity contribution >= 4 is 0 Å². The Morgan fingerprint density at radius 1 is 1.12 bits per heavy atom. The normalized spacial score (nSPS) is 24.2. The van der Waals surface area contributed by atoms with Gasteiger partial charge in [-0.2, -0.15) is 0 Å². The Morgan fingerprint density at radius 2 is 1.79 bits per heavy atom. The molecule has 1 N–H and O–H groups in total. The van der Waals surface area contributed by atoms with Crippen molar-refractivity contribution in [3.63, 3.8) is 0 Å². The van der Waals surface area contributed by atoms with Crippen LogP contribution in [0.3, 0.4) is 0 Å². The number of hydrogen-bond donors (Lipinski definition) is 1. The molecule has 0 aromatic rings. The molecule has 0 saturated carbocycles. The van der Waals surface area contributed by atoms with Crippen molar-refractivity contribution in [1.29, 1.82) is 0 Å². The molecular weight excluding hydrogens is 300 g/mol. The van der Waals surface area contributed by atoms with Gasteiger partial charge in [-0.15, -0.1) is 0 Å². The third-order valence-corrected chi connectivity index (χ3v) is 4.04. The van der Waals surface area contributed by atoms with Crippen LogP contribution in [0.15, 0.2) is 12.7 Å². The average molecular weight is 332 g/mol. The second-order valence-corrected chi connectivity index (χ2v) is 7.02. The van der Waals surface area contributed by atoms with E-state index in [1.165, 1.54) is 31.8 Å². The SMILES string of the molecule is C=CC(C)(O)C#CC#CC[C@@H]1OC(C)(C)O[C@H]1CCCCCCC. The molecular formula is C21H32O3. The third kappa shape index (κ3) is 8.02. The van der Waals surface area contributed by atoms with Gasteiger partial charge in [0.15, 0.2) is 5.79 Å². The number of hydrogen-bond acceptors (Lipinski definition) is 3. The van der Waals surface area contributed by atoms with Gasteiger partial charge in [0.25, 0.3) is 0 Å².